The van der Waals surface area contributed by atoms with Crippen molar-refractivity contribution < 1.29 is 4.74 Å². The first-order chi connectivity index (χ1) is 9.33. The lowest BCUT2D eigenvalue weighted by molar-refractivity contribution is -0.147. The smallest absolute Gasteiger partial charge is 0.0927 e. The fraction of sp³-hybridized carbons (Fsp3) is 0.857. The molecule has 19 heavy (non-hydrogen) atoms. The highest BCUT2D eigenvalue weighted by Crippen LogP contribution is 2.47. The van der Waals surface area contributed by atoms with Crippen LogP contribution in [0.5, 0.6) is 0 Å². The highest BCUT2D eigenvalue weighted by molar-refractivity contribution is 7.03. The maximum atomic E-state index is 6.04. The molecule has 1 saturated heterocycles. The Bertz CT molecular complexity index is 391. The molecule has 1 saturated carbocycles. The third-order valence-electron chi connectivity index (χ3n) is 4.58. The molecule has 106 valence electrons. The second-order valence-corrected chi connectivity index (χ2v) is 6.51. The summed E-state index contributed by atoms with van der Waals surface area (Å²) in [5, 5.41) is 10.1. The molecule has 1 N–H and O–H groups in total. The van der Waals surface area contributed by atoms with Crippen molar-refractivity contribution in [2.45, 2.75) is 57.1 Å². The van der Waals surface area contributed by atoms with Gasteiger partial charge in [0.1, 0.15) is 0 Å². The van der Waals surface area contributed by atoms with Crippen LogP contribution < -0.4 is 5.32 Å². The Hall–Kier alpha value is -0.520. The molecule has 1 aromatic rings. The first-order valence-corrected chi connectivity index (χ1v) is 8.31. The Morgan fingerprint density at radius 1 is 1.58 bits per heavy atom. The van der Waals surface area contributed by atoms with Gasteiger partial charge in [-0.3, -0.25) is 0 Å². The molecule has 1 spiro atoms. The number of nitrogens with one attached hydrogen (secondary N) is 1. The van der Waals surface area contributed by atoms with E-state index in [0.29, 0.717) is 12.0 Å². The molecule has 0 bridgehead atoms. The Balaban J connectivity index is 1.71. The van der Waals surface area contributed by atoms with Crippen molar-refractivity contribution in [3.63, 3.8) is 0 Å². The molecule has 0 aromatic carbocycles. The van der Waals surface area contributed by atoms with Gasteiger partial charge in [0.05, 0.1) is 17.3 Å². The molecular formula is C14H23N3OS. The Kier molecular flexibility index (Phi) is 4.15. The summed E-state index contributed by atoms with van der Waals surface area (Å²) < 4.78 is 10.1. The maximum Gasteiger partial charge on any atom is 0.0927 e. The lowest BCUT2D eigenvalue weighted by Gasteiger charge is -2.48. The van der Waals surface area contributed by atoms with Gasteiger partial charge in [-0.15, -0.1) is 5.10 Å². The average Bonchev–Trinajstić information content (AvgIpc) is 2.92. The molecule has 1 aliphatic heterocycles. The number of ether oxygens (including phenoxy) is 1. The van der Waals surface area contributed by atoms with Gasteiger partial charge in [0.15, 0.2) is 0 Å². The fourth-order valence-electron chi connectivity index (χ4n) is 3.39. The van der Waals surface area contributed by atoms with Crippen LogP contribution in [0, 0.1) is 5.92 Å². The van der Waals surface area contributed by atoms with Crippen molar-refractivity contribution in [1.29, 1.82) is 0 Å². The van der Waals surface area contributed by atoms with E-state index in [0.717, 1.165) is 31.7 Å². The zero-order valence-electron chi connectivity index (χ0n) is 11.6. The molecule has 2 fully saturated rings. The van der Waals surface area contributed by atoms with Crippen molar-refractivity contribution in [3.05, 3.63) is 11.1 Å². The van der Waals surface area contributed by atoms with E-state index < -0.39 is 0 Å². The Morgan fingerprint density at radius 3 is 3.11 bits per heavy atom. The van der Waals surface area contributed by atoms with Gasteiger partial charge in [-0.2, -0.15) is 0 Å². The minimum Gasteiger partial charge on any atom is -0.375 e. The third-order valence-corrected chi connectivity index (χ3v) is 5.10. The molecule has 2 heterocycles. The number of rotatable bonds is 5. The monoisotopic (exact) mass is 281 g/mol. The van der Waals surface area contributed by atoms with E-state index in [4.69, 9.17) is 4.74 Å². The minimum absolute atomic E-state index is 0.207. The molecule has 2 unspecified atom stereocenters. The average molecular weight is 281 g/mol. The highest BCUT2D eigenvalue weighted by Gasteiger charge is 2.44. The van der Waals surface area contributed by atoms with Gasteiger partial charge in [-0.05, 0) is 62.5 Å². The summed E-state index contributed by atoms with van der Waals surface area (Å²) in [4.78, 5) is 0. The second-order valence-electron chi connectivity index (χ2n) is 5.90. The van der Waals surface area contributed by atoms with Crippen LogP contribution >= 0.6 is 11.5 Å². The van der Waals surface area contributed by atoms with E-state index in [1.807, 2.05) is 0 Å². The third kappa shape index (κ3) is 2.83. The number of nitrogens with zero attached hydrogens (tertiary/aromatic N) is 2. The molecule has 1 aliphatic carbocycles. The molecule has 0 radical (unpaired) electrons. The van der Waals surface area contributed by atoms with Crippen LogP contribution in [0.15, 0.2) is 5.38 Å². The molecule has 1 aromatic heterocycles. The summed E-state index contributed by atoms with van der Waals surface area (Å²) in [5.74, 6) is 0.643. The lowest BCUT2D eigenvalue weighted by Crippen LogP contribution is -2.48. The normalized spacial score (nSPS) is 27.1. The summed E-state index contributed by atoms with van der Waals surface area (Å²) in [6.07, 6.45) is 7.31. The largest absolute Gasteiger partial charge is 0.375 e. The molecule has 0 amide bonds. The van der Waals surface area contributed by atoms with Crippen LogP contribution in [0.4, 0.5) is 0 Å². The van der Waals surface area contributed by atoms with Crippen LogP contribution in [0.1, 0.15) is 57.2 Å². The first kappa shape index (κ1) is 13.5. The van der Waals surface area contributed by atoms with Gasteiger partial charge >= 0.3 is 0 Å². The SMILES string of the molecule is CCCNC(c1csnn1)C1CCOC2(CCC2)C1. The van der Waals surface area contributed by atoms with E-state index in [-0.39, 0.29) is 5.60 Å². The molecule has 3 rings (SSSR count). The summed E-state index contributed by atoms with van der Waals surface area (Å²) in [7, 11) is 0. The van der Waals surface area contributed by atoms with Crippen molar-refractivity contribution >= 4 is 11.5 Å². The number of aromatic nitrogens is 2. The van der Waals surface area contributed by atoms with Gasteiger partial charge in [0, 0.05) is 12.0 Å². The summed E-state index contributed by atoms with van der Waals surface area (Å²) in [6.45, 7) is 4.17. The Morgan fingerprint density at radius 2 is 2.47 bits per heavy atom. The van der Waals surface area contributed by atoms with Crippen LogP contribution in [0.2, 0.25) is 0 Å². The van der Waals surface area contributed by atoms with E-state index in [1.54, 1.807) is 0 Å². The highest BCUT2D eigenvalue weighted by atomic mass is 32.1. The van der Waals surface area contributed by atoms with Gasteiger partial charge in [0.2, 0.25) is 0 Å². The number of hydrogen-bond donors (Lipinski definition) is 1. The van der Waals surface area contributed by atoms with Gasteiger partial charge in [-0.1, -0.05) is 11.4 Å². The summed E-state index contributed by atoms with van der Waals surface area (Å²) in [5.41, 5.74) is 1.33. The van der Waals surface area contributed by atoms with E-state index >= 15 is 0 Å². The van der Waals surface area contributed by atoms with Crippen molar-refractivity contribution in [3.8, 4) is 0 Å². The maximum absolute atomic E-state index is 6.04. The quantitative estimate of drug-likeness (QED) is 0.901. The van der Waals surface area contributed by atoms with E-state index in [9.17, 15) is 0 Å². The molecule has 5 heteroatoms. The van der Waals surface area contributed by atoms with E-state index in [1.165, 1.54) is 37.2 Å². The topological polar surface area (TPSA) is 47.0 Å². The first-order valence-electron chi connectivity index (χ1n) is 7.47. The Labute approximate surface area is 119 Å². The predicted octanol–water partition coefficient (Wildman–Crippen LogP) is 2.93. The van der Waals surface area contributed by atoms with E-state index in [2.05, 4.69) is 27.2 Å². The number of hydrogen-bond acceptors (Lipinski definition) is 5. The summed E-state index contributed by atoms with van der Waals surface area (Å²) >= 11 is 1.45. The summed E-state index contributed by atoms with van der Waals surface area (Å²) in [6, 6.07) is 0.361. The fourth-order valence-corrected chi connectivity index (χ4v) is 3.88. The van der Waals surface area contributed by atoms with Crippen LogP contribution in [0.3, 0.4) is 0 Å². The molecule has 2 aliphatic rings. The van der Waals surface area contributed by atoms with Crippen molar-refractivity contribution in [2.75, 3.05) is 13.2 Å². The van der Waals surface area contributed by atoms with Crippen molar-refractivity contribution in [1.82, 2.24) is 14.9 Å². The zero-order chi connectivity index (χ0) is 13.1. The standard InChI is InChI=1S/C14H23N3OS/c1-2-7-15-13(12-10-19-17-16-12)11-4-8-18-14(9-11)5-3-6-14/h10-11,13,15H,2-9H2,1H3. The van der Waals surface area contributed by atoms with Gasteiger partial charge in [-0.25, -0.2) is 0 Å². The van der Waals surface area contributed by atoms with Crippen LogP contribution in [0.25, 0.3) is 0 Å². The second kappa shape index (κ2) is 5.85. The van der Waals surface area contributed by atoms with Gasteiger partial charge < -0.3 is 10.1 Å². The molecule has 4 nitrogen and oxygen atoms in total. The predicted molar refractivity (Wildman–Crippen MR) is 76.2 cm³/mol. The molecular weight excluding hydrogens is 258 g/mol. The van der Waals surface area contributed by atoms with Crippen LogP contribution in [-0.2, 0) is 4.74 Å². The zero-order valence-corrected chi connectivity index (χ0v) is 12.4. The van der Waals surface area contributed by atoms with Crippen molar-refractivity contribution in [2.24, 2.45) is 5.92 Å². The molecule has 2 atom stereocenters. The lowest BCUT2D eigenvalue weighted by atomic mass is 9.70. The minimum atomic E-state index is 0.207. The van der Waals surface area contributed by atoms with Crippen LogP contribution in [-0.4, -0.2) is 28.3 Å². The van der Waals surface area contributed by atoms with Gasteiger partial charge in [0.25, 0.3) is 0 Å².